The summed E-state index contributed by atoms with van der Waals surface area (Å²) in [5.74, 6) is -0.543. The average molecular weight is 336 g/mol. The highest BCUT2D eigenvalue weighted by molar-refractivity contribution is 6.39. The van der Waals surface area contributed by atoms with Crippen molar-refractivity contribution in [3.05, 3.63) is 51.5 Å². The van der Waals surface area contributed by atoms with Gasteiger partial charge in [-0.3, -0.25) is 0 Å². The van der Waals surface area contributed by atoms with Crippen LogP contribution < -0.4 is 5.32 Å². The van der Waals surface area contributed by atoms with Gasteiger partial charge in [-0.05, 0) is 36.8 Å². The van der Waals surface area contributed by atoms with Gasteiger partial charge in [0.05, 0.1) is 32.3 Å². The fraction of sp³-hybridized carbons (Fsp3) is 0.0667. The Bertz CT molecular complexity index is 870. The highest BCUT2D eigenvalue weighted by atomic mass is 35.5. The van der Waals surface area contributed by atoms with Crippen molar-refractivity contribution in [3.63, 3.8) is 0 Å². The molecule has 3 N–H and O–H groups in total. The molecule has 0 unspecified atom stereocenters. The van der Waals surface area contributed by atoms with Gasteiger partial charge in [-0.25, -0.2) is 9.78 Å². The third-order valence-electron chi connectivity index (χ3n) is 3.23. The van der Waals surface area contributed by atoms with Gasteiger partial charge < -0.3 is 15.4 Å². The predicted octanol–water partition coefficient (Wildman–Crippen LogP) is 4.62. The summed E-state index contributed by atoms with van der Waals surface area (Å²) in [5, 5.41) is 13.1. The highest BCUT2D eigenvalue weighted by Gasteiger charge is 2.12. The highest BCUT2D eigenvalue weighted by Crippen LogP contribution is 2.32. The maximum Gasteiger partial charge on any atom is 0.335 e. The van der Waals surface area contributed by atoms with E-state index >= 15 is 0 Å². The first kappa shape index (κ1) is 14.7. The minimum Gasteiger partial charge on any atom is -0.478 e. The molecule has 0 amide bonds. The van der Waals surface area contributed by atoms with Gasteiger partial charge in [-0.1, -0.05) is 29.3 Å². The third kappa shape index (κ3) is 2.61. The van der Waals surface area contributed by atoms with E-state index < -0.39 is 5.97 Å². The molecule has 0 atom stereocenters. The number of hydrogen-bond acceptors (Lipinski definition) is 3. The molecule has 0 aliphatic carbocycles. The van der Waals surface area contributed by atoms with E-state index in [1.807, 2.05) is 6.92 Å². The lowest BCUT2D eigenvalue weighted by atomic mass is 10.1. The molecule has 0 saturated carbocycles. The molecule has 0 bridgehead atoms. The third-order valence-corrected chi connectivity index (χ3v) is 3.86. The molecule has 0 spiro atoms. The Labute approximate surface area is 135 Å². The van der Waals surface area contributed by atoms with Crippen LogP contribution in [0.2, 0.25) is 10.0 Å². The Morgan fingerprint density at radius 2 is 1.95 bits per heavy atom. The van der Waals surface area contributed by atoms with Gasteiger partial charge >= 0.3 is 5.97 Å². The van der Waals surface area contributed by atoms with E-state index in [2.05, 4.69) is 15.3 Å². The lowest BCUT2D eigenvalue weighted by Gasteiger charge is -2.06. The minimum absolute atomic E-state index is 0.205. The number of para-hydroxylation sites is 1. The largest absolute Gasteiger partial charge is 0.478 e. The van der Waals surface area contributed by atoms with Crippen molar-refractivity contribution in [2.75, 3.05) is 5.32 Å². The van der Waals surface area contributed by atoms with E-state index in [4.69, 9.17) is 28.3 Å². The van der Waals surface area contributed by atoms with Gasteiger partial charge in [0, 0.05) is 0 Å². The van der Waals surface area contributed by atoms with Crippen molar-refractivity contribution in [1.29, 1.82) is 0 Å². The van der Waals surface area contributed by atoms with Crippen LogP contribution in [0.15, 0.2) is 30.3 Å². The SMILES string of the molecule is Cc1cc(C(=O)O)cc2[nH]c(Nc3c(Cl)cccc3Cl)nc12. The molecule has 0 radical (unpaired) electrons. The van der Waals surface area contributed by atoms with Crippen molar-refractivity contribution < 1.29 is 9.90 Å². The van der Waals surface area contributed by atoms with Crippen molar-refractivity contribution >= 4 is 51.8 Å². The van der Waals surface area contributed by atoms with E-state index in [-0.39, 0.29) is 5.56 Å². The molecule has 2 aromatic carbocycles. The second kappa shape index (κ2) is 5.51. The van der Waals surface area contributed by atoms with E-state index in [0.29, 0.717) is 32.7 Å². The van der Waals surface area contributed by atoms with Gasteiger partial charge in [0.25, 0.3) is 0 Å². The summed E-state index contributed by atoms with van der Waals surface area (Å²) in [6.07, 6.45) is 0. The van der Waals surface area contributed by atoms with Crippen molar-refractivity contribution in [2.45, 2.75) is 6.92 Å². The summed E-state index contributed by atoms with van der Waals surface area (Å²) in [4.78, 5) is 18.5. The van der Waals surface area contributed by atoms with E-state index in [1.54, 1.807) is 24.3 Å². The monoisotopic (exact) mass is 335 g/mol. The van der Waals surface area contributed by atoms with Gasteiger partial charge in [-0.15, -0.1) is 0 Å². The van der Waals surface area contributed by atoms with E-state index in [0.717, 1.165) is 5.56 Å². The number of carbonyl (C=O) groups is 1. The Hall–Kier alpha value is -2.24. The van der Waals surface area contributed by atoms with Crippen LogP contribution in [0.3, 0.4) is 0 Å². The number of anilines is 2. The van der Waals surface area contributed by atoms with Crippen LogP contribution in [0.1, 0.15) is 15.9 Å². The van der Waals surface area contributed by atoms with Crippen molar-refractivity contribution in [2.24, 2.45) is 0 Å². The summed E-state index contributed by atoms with van der Waals surface area (Å²) in [6.45, 7) is 1.81. The number of benzene rings is 2. The number of nitrogens with zero attached hydrogens (tertiary/aromatic N) is 1. The fourth-order valence-electron chi connectivity index (χ4n) is 2.21. The molecule has 0 saturated heterocycles. The van der Waals surface area contributed by atoms with Gasteiger partial charge in [0.2, 0.25) is 5.95 Å². The predicted molar refractivity (Wildman–Crippen MR) is 87.5 cm³/mol. The lowest BCUT2D eigenvalue weighted by Crippen LogP contribution is -1.96. The number of imidazole rings is 1. The number of aromatic carboxylic acids is 1. The Balaban J connectivity index is 2.06. The summed E-state index contributed by atoms with van der Waals surface area (Å²) >= 11 is 12.2. The molecule has 0 aliphatic heterocycles. The summed E-state index contributed by atoms with van der Waals surface area (Å²) < 4.78 is 0. The fourth-order valence-corrected chi connectivity index (χ4v) is 2.70. The van der Waals surface area contributed by atoms with Gasteiger partial charge in [-0.2, -0.15) is 0 Å². The number of nitrogens with one attached hydrogen (secondary N) is 2. The molecule has 3 aromatic rings. The number of rotatable bonds is 3. The summed E-state index contributed by atoms with van der Waals surface area (Å²) in [5.41, 5.74) is 2.83. The normalized spacial score (nSPS) is 10.9. The lowest BCUT2D eigenvalue weighted by molar-refractivity contribution is 0.0697. The molecule has 5 nitrogen and oxygen atoms in total. The molecular weight excluding hydrogens is 325 g/mol. The number of carboxylic acids is 1. The number of aromatic nitrogens is 2. The molecule has 0 aliphatic rings. The standard InChI is InChI=1S/C15H11Cl2N3O2/c1-7-5-8(14(21)22)6-11-12(7)19-15(18-11)20-13-9(16)3-2-4-10(13)17/h2-6H,1H3,(H,21,22)(H2,18,19,20). The topological polar surface area (TPSA) is 78.0 Å². The number of H-pyrrole nitrogens is 1. The van der Waals surface area contributed by atoms with Crippen LogP contribution in [0.25, 0.3) is 11.0 Å². The van der Waals surface area contributed by atoms with E-state index in [9.17, 15) is 4.79 Å². The maximum atomic E-state index is 11.1. The number of aryl methyl sites for hydroxylation is 1. The maximum absolute atomic E-state index is 11.1. The molecule has 22 heavy (non-hydrogen) atoms. The van der Waals surface area contributed by atoms with Crippen molar-refractivity contribution in [1.82, 2.24) is 9.97 Å². The molecule has 7 heteroatoms. The summed E-state index contributed by atoms with van der Waals surface area (Å²) in [7, 11) is 0. The second-order valence-electron chi connectivity index (χ2n) is 4.80. The van der Waals surface area contributed by atoms with Crippen LogP contribution in [0.5, 0.6) is 0 Å². The first-order chi connectivity index (χ1) is 10.5. The molecule has 1 heterocycles. The number of hydrogen-bond donors (Lipinski definition) is 3. The Morgan fingerprint density at radius 1 is 1.27 bits per heavy atom. The van der Waals surface area contributed by atoms with Crippen LogP contribution >= 0.6 is 23.2 Å². The summed E-state index contributed by atoms with van der Waals surface area (Å²) in [6, 6.07) is 8.30. The Kier molecular flexibility index (Phi) is 3.68. The molecule has 3 rings (SSSR count). The van der Waals surface area contributed by atoms with Crippen LogP contribution in [-0.4, -0.2) is 21.0 Å². The molecule has 0 fully saturated rings. The van der Waals surface area contributed by atoms with Crippen LogP contribution in [-0.2, 0) is 0 Å². The minimum atomic E-state index is -0.983. The van der Waals surface area contributed by atoms with Gasteiger partial charge in [0.15, 0.2) is 0 Å². The second-order valence-corrected chi connectivity index (χ2v) is 5.62. The molecule has 112 valence electrons. The van der Waals surface area contributed by atoms with Crippen LogP contribution in [0, 0.1) is 6.92 Å². The first-order valence-electron chi connectivity index (χ1n) is 6.40. The smallest absolute Gasteiger partial charge is 0.335 e. The van der Waals surface area contributed by atoms with Crippen molar-refractivity contribution in [3.8, 4) is 0 Å². The van der Waals surface area contributed by atoms with Gasteiger partial charge in [0.1, 0.15) is 0 Å². The zero-order valence-corrected chi connectivity index (χ0v) is 13.0. The quantitative estimate of drug-likeness (QED) is 0.652. The first-order valence-corrected chi connectivity index (χ1v) is 7.16. The zero-order chi connectivity index (χ0) is 15.9. The van der Waals surface area contributed by atoms with E-state index in [1.165, 1.54) is 6.07 Å². The Morgan fingerprint density at radius 3 is 2.59 bits per heavy atom. The number of carboxylic acid groups (broad SMARTS) is 1. The zero-order valence-electron chi connectivity index (χ0n) is 11.4. The number of fused-ring (bicyclic) bond motifs is 1. The molecular formula is C15H11Cl2N3O2. The average Bonchev–Trinajstić information content (AvgIpc) is 2.86. The molecule has 1 aromatic heterocycles. The number of halogens is 2. The van der Waals surface area contributed by atoms with Crippen LogP contribution in [0.4, 0.5) is 11.6 Å². The number of aromatic amines is 1.